The van der Waals surface area contributed by atoms with Crippen molar-refractivity contribution in [1.29, 1.82) is 0 Å². The van der Waals surface area contributed by atoms with E-state index in [-0.39, 0.29) is 11.9 Å². The van der Waals surface area contributed by atoms with Gasteiger partial charge in [0.2, 0.25) is 5.95 Å². The molecule has 0 amide bonds. The van der Waals surface area contributed by atoms with Gasteiger partial charge in [0, 0.05) is 44.3 Å². The Bertz CT molecular complexity index is 618. The van der Waals surface area contributed by atoms with Gasteiger partial charge < -0.3 is 15.7 Å². The van der Waals surface area contributed by atoms with Crippen LogP contribution in [0.4, 0.5) is 11.8 Å². The Morgan fingerprint density at radius 3 is 2.74 bits per heavy atom. The van der Waals surface area contributed by atoms with Gasteiger partial charge in [0.1, 0.15) is 11.2 Å². The van der Waals surface area contributed by atoms with E-state index < -0.39 is 11.4 Å². The van der Waals surface area contributed by atoms with Crippen molar-refractivity contribution in [2.75, 3.05) is 36.8 Å². The van der Waals surface area contributed by atoms with Gasteiger partial charge in [-0.05, 0) is 18.9 Å². The van der Waals surface area contributed by atoms with Crippen molar-refractivity contribution in [2.45, 2.75) is 31.7 Å². The number of hydrogen-bond donors (Lipinski definition) is 2. The van der Waals surface area contributed by atoms with E-state index in [1.165, 1.54) is 25.7 Å². The lowest BCUT2D eigenvalue weighted by atomic mass is 9.81. The average Bonchev–Trinajstić information content (AvgIpc) is 3.21. The molecule has 0 spiro atoms. The van der Waals surface area contributed by atoms with Crippen LogP contribution in [0.5, 0.6) is 0 Å². The van der Waals surface area contributed by atoms with Gasteiger partial charge >= 0.3 is 5.97 Å². The van der Waals surface area contributed by atoms with E-state index in [0.29, 0.717) is 19.1 Å². The lowest BCUT2D eigenvalue weighted by Crippen LogP contribution is -2.42. The maximum atomic E-state index is 12.1. The van der Waals surface area contributed by atoms with Gasteiger partial charge in [-0.25, -0.2) is 4.98 Å². The van der Waals surface area contributed by atoms with Crippen LogP contribution in [0.1, 0.15) is 25.7 Å². The molecule has 1 aromatic heterocycles. The van der Waals surface area contributed by atoms with Crippen LogP contribution in [0.3, 0.4) is 0 Å². The van der Waals surface area contributed by atoms with E-state index in [9.17, 15) is 9.90 Å². The van der Waals surface area contributed by atoms with E-state index >= 15 is 0 Å². The van der Waals surface area contributed by atoms with E-state index in [1.807, 2.05) is 6.07 Å². The average molecular weight is 317 g/mol. The summed E-state index contributed by atoms with van der Waals surface area (Å²) >= 11 is 0. The minimum absolute atomic E-state index is 0.150. The third-order valence-corrected chi connectivity index (χ3v) is 5.89. The summed E-state index contributed by atoms with van der Waals surface area (Å²) in [7, 11) is 0. The smallest absolute Gasteiger partial charge is 0.313 e. The van der Waals surface area contributed by atoms with Gasteiger partial charge in [-0.15, -0.1) is 0 Å². The molecular weight excluding hydrogens is 294 g/mol. The highest BCUT2D eigenvalue weighted by molar-refractivity contribution is 5.78. The number of likely N-dealkylation sites (tertiary alicyclic amines) is 1. The van der Waals surface area contributed by atoms with Crippen LogP contribution in [0, 0.1) is 11.3 Å². The molecule has 3 heterocycles. The van der Waals surface area contributed by atoms with Gasteiger partial charge in [0.25, 0.3) is 0 Å². The van der Waals surface area contributed by atoms with Crippen LogP contribution in [0.25, 0.3) is 0 Å². The van der Waals surface area contributed by atoms with E-state index in [2.05, 4.69) is 19.8 Å². The number of carbonyl (C=O) groups is 1. The van der Waals surface area contributed by atoms with Crippen molar-refractivity contribution in [1.82, 2.24) is 14.9 Å². The summed E-state index contributed by atoms with van der Waals surface area (Å²) < 4.78 is 0. The minimum Gasteiger partial charge on any atom is -0.481 e. The quantitative estimate of drug-likeness (QED) is 0.852. The Balaban J connectivity index is 1.56. The molecule has 2 aliphatic heterocycles. The normalized spacial score (nSPS) is 31.7. The van der Waals surface area contributed by atoms with E-state index in [0.717, 1.165) is 18.9 Å². The SMILES string of the molecule is Nc1nccc(N2C[C@@H]3CN(C4CCCC4)C[C@]3(C(=O)O)C2)n1. The van der Waals surface area contributed by atoms with Crippen molar-refractivity contribution in [3.8, 4) is 0 Å². The molecule has 3 aliphatic rings. The number of rotatable bonds is 3. The number of aromatic nitrogens is 2. The fourth-order valence-electron chi connectivity index (χ4n) is 4.67. The van der Waals surface area contributed by atoms with Crippen LogP contribution >= 0.6 is 0 Å². The molecule has 4 rings (SSSR count). The largest absolute Gasteiger partial charge is 0.481 e. The third kappa shape index (κ3) is 2.34. The maximum Gasteiger partial charge on any atom is 0.313 e. The second-order valence-electron chi connectivity index (χ2n) is 7.18. The second-order valence-corrected chi connectivity index (χ2v) is 7.18. The van der Waals surface area contributed by atoms with Crippen LogP contribution < -0.4 is 10.6 Å². The first-order chi connectivity index (χ1) is 11.1. The summed E-state index contributed by atoms with van der Waals surface area (Å²) in [6, 6.07) is 2.39. The summed E-state index contributed by atoms with van der Waals surface area (Å²) in [6.45, 7) is 2.78. The van der Waals surface area contributed by atoms with Gasteiger partial charge in [-0.3, -0.25) is 9.69 Å². The minimum atomic E-state index is -0.678. The highest BCUT2D eigenvalue weighted by Crippen LogP contribution is 2.45. The summed E-state index contributed by atoms with van der Waals surface area (Å²) in [5, 5.41) is 9.94. The standard InChI is InChI=1S/C16H23N5O2/c17-15-18-6-5-13(19-15)21-8-11-7-20(12-3-1-2-4-12)9-16(11,10-21)14(22)23/h5-6,11-12H,1-4,7-10H2,(H,22,23)(H2,17,18,19)/t11-,16-/m0/s1. The summed E-state index contributed by atoms with van der Waals surface area (Å²) in [6.07, 6.45) is 6.61. The first kappa shape index (κ1) is 14.7. The summed E-state index contributed by atoms with van der Waals surface area (Å²) in [5.74, 6) is 0.445. The molecule has 3 N–H and O–H groups in total. The molecule has 0 bridgehead atoms. The third-order valence-electron chi connectivity index (χ3n) is 5.89. The van der Waals surface area contributed by atoms with Crippen LogP contribution in [-0.4, -0.2) is 58.2 Å². The molecule has 3 fully saturated rings. The molecule has 0 unspecified atom stereocenters. The number of nitrogens with two attached hydrogens (primary N) is 1. The van der Waals surface area contributed by atoms with E-state index in [4.69, 9.17) is 5.73 Å². The predicted molar refractivity (Wildman–Crippen MR) is 86.0 cm³/mol. The first-order valence-electron chi connectivity index (χ1n) is 8.39. The van der Waals surface area contributed by atoms with Gasteiger partial charge in [0.15, 0.2) is 0 Å². The lowest BCUT2D eigenvalue weighted by Gasteiger charge is -2.29. The molecule has 1 aromatic rings. The molecule has 2 atom stereocenters. The zero-order chi connectivity index (χ0) is 16.0. The predicted octanol–water partition coefficient (Wildman–Crippen LogP) is 0.824. The fourth-order valence-corrected chi connectivity index (χ4v) is 4.67. The van der Waals surface area contributed by atoms with Crippen molar-refractivity contribution >= 4 is 17.7 Å². The molecular formula is C16H23N5O2. The molecule has 2 saturated heterocycles. The van der Waals surface area contributed by atoms with Crippen molar-refractivity contribution < 1.29 is 9.90 Å². The highest BCUT2D eigenvalue weighted by atomic mass is 16.4. The fraction of sp³-hybridized carbons (Fsp3) is 0.688. The number of nitrogen functional groups attached to an aromatic ring is 1. The summed E-state index contributed by atoms with van der Waals surface area (Å²) in [5.41, 5.74) is 4.99. The first-order valence-corrected chi connectivity index (χ1v) is 8.39. The molecule has 7 nitrogen and oxygen atoms in total. The highest BCUT2D eigenvalue weighted by Gasteiger charge is 2.58. The molecule has 1 aliphatic carbocycles. The summed E-state index contributed by atoms with van der Waals surface area (Å²) in [4.78, 5) is 24.8. The van der Waals surface area contributed by atoms with E-state index in [1.54, 1.807) is 6.20 Å². The van der Waals surface area contributed by atoms with Crippen LogP contribution in [0.15, 0.2) is 12.3 Å². The molecule has 0 aromatic carbocycles. The monoisotopic (exact) mass is 317 g/mol. The topological polar surface area (TPSA) is 95.6 Å². The van der Waals surface area contributed by atoms with Crippen molar-refractivity contribution in [2.24, 2.45) is 11.3 Å². The van der Waals surface area contributed by atoms with Crippen molar-refractivity contribution in [3.63, 3.8) is 0 Å². The number of nitrogens with zero attached hydrogens (tertiary/aromatic N) is 4. The zero-order valence-corrected chi connectivity index (χ0v) is 13.2. The molecule has 124 valence electrons. The van der Waals surface area contributed by atoms with Crippen LogP contribution in [-0.2, 0) is 4.79 Å². The van der Waals surface area contributed by atoms with Crippen molar-refractivity contribution in [3.05, 3.63) is 12.3 Å². The molecule has 1 saturated carbocycles. The lowest BCUT2D eigenvalue weighted by molar-refractivity contribution is -0.148. The molecule has 23 heavy (non-hydrogen) atoms. The number of carboxylic acids is 1. The van der Waals surface area contributed by atoms with Crippen LogP contribution in [0.2, 0.25) is 0 Å². The Kier molecular flexibility index (Phi) is 3.41. The Morgan fingerprint density at radius 2 is 2.09 bits per heavy atom. The van der Waals surface area contributed by atoms with Gasteiger partial charge in [-0.2, -0.15) is 4.98 Å². The zero-order valence-electron chi connectivity index (χ0n) is 13.2. The molecule has 0 radical (unpaired) electrons. The Hall–Kier alpha value is -1.89. The Morgan fingerprint density at radius 1 is 1.30 bits per heavy atom. The maximum absolute atomic E-state index is 12.1. The number of aliphatic carboxylic acids is 1. The van der Waals surface area contributed by atoms with Gasteiger partial charge in [0.05, 0.1) is 0 Å². The van der Waals surface area contributed by atoms with Gasteiger partial charge in [-0.1, -0.05) is 12.8 Å². The number of carboxylic acid groups (broad SMARTS) is 1. The number of hydrogen-bond acceptors (Lipinski definition) is 6. The Labute approximate surface area is 135 Å². The number of fused-ring (bicyclic) bond motifs is 1. The molecule has 7 heteroatoms. The number of anilines is 2. The second kappa shape index (κ2) is 5.33.